The Labute approximate surface area is 89.1 Å². The second kappa shape index (κ2) is 5.86. The molecule has 1 aromatic carbocycles. The van der Waals surface area contributed by atoms with Crippen molar-refractivity contribution in [3.05, 3.63) is 29.3 Å². The predicted octanol–water partition coefficient (Wildman–Crippen LogP) is 3.05. The van der Waals surface area contributed by atoms with Gasteiger partial charge in [-0.1, -0.05) is 11.6 Å². The van der Waals surface area contributed by atoms with Crippen molar-refractivity contribution in [2.24, 2.45) is 0 Å². The van der Waals surface area contributed by atoms with Crippen LogP contribution in [0.4, 0.5) is 5.69 Å². The van der Waals surface area contributed by atoms with Crippen LogP contribution in [0.5, 0.6) is 0 Å². The number of nitrogens with zero attached hydrogens (tertiary/aromatic N) is 1. The summed E-state index contributed by atoms with van der Waals surface area (Å²) < 4.78 is 0. The Hall–Kier alpha value is -0.770. The lowest BCUT2D eigenvalue weighted by molar-refractivity contribution is -0.0817. The van der Waals surface area contributed by atoms with Gasteiger partial charge in [0, 0.05) is 5.02 Å². The van der Waals surface area contributed by atoms with E-state index in [0.717, 1.165) is 5.69 Å². The molecule has 0 aromatic heterocycles. The number of rotatable bonds is 5. The van der Waals surface area contributed by atoms with Crippen molar-refractivity contribution in [2.75, 3.05) is 18.4 Å². The zero-order valence-corrected chi connectivity index (χ0v) is 9.12. The summed E-state index contributed by atoms with van der Waals surface area (Å²) >= 11 is 5.77. The Morgan fingerprint density at radius 2 is 1.57 bits per heavy atom. The van der Waals surface area contributed by atoms with Crippen LogP contribution in [0.25, 0.3) is 0 Å². The standard InChI is InChI=1S/C10H14ClNO2/c1-3-13-12(14-4-2)10-7-5-9(11)6-8-10/h5-8H,3-4H2,1-2H3. The molecule has 14 heavy (non-hydrogen) atoms. The minimum Gasteiger partial charge on any atom is -0.249 e. The highest BCUT2D eigenvalue weighted by molar-refractivity contribution is 6.30. The zero-order chi connectivity index (χ0) is 10.4. The SMILES string of the molecule is CCON(OCC)c1ccc(Cl)cc1. The molecule has 0 saturated heterocycles. The molecular weight excluding hydrogens is 202 g/mol. The molecule has 0 radical (unpaired) electrons. The van der Waals surface area contributed by atoms with Crippen LogP contribution in [0.3, 0.4) is 0 Å². The van der Waals surface area contributed by atoms with Gasteiger partial charge in [-0.15, -0.1) is 5.23 Å². The molecule has 0 aliphatic carbocycles. The maximum absolute atomic E-state index is 5.77. The fourth-order valence-corrected chi connectivity index (χ4v) is 1.11. The molecule has 0 spiro atoms. The van der Waals surface area contributed by atoms with Crippen LogP contribution >= 0.6 is 11.6 Å². The summed E-state index contributed by atoms with van der Waals surface area (Å²) in [6.45, 7) is 4.93. The highest BCUT2D eigenvalue weighted by Gasteiger charge is 2.05. The van der Waals surface area contributed by atoms with Gasteiger partial charge in [-0.25, -0.2) is 9.68 Å². The zero-order valence-electron chi connectivity index (χ0n) is 8.37. The minimum atomic E-state index is 0.558. The molecule has 1 rings (SSSR count). The van der Waals surface area contributed by atoms with Crippen LogP contribution in [-0.2, 0) is 9.68 Å². The van der Waals surface area contributed by atoms with E-state index >= 15 is 0 Å². The van der Waals surface area contributed by atoms with Gasteiger partial charge in [0.2, 0.25) is 0 Å². The number of anilines is 1. The summed E-state index contributed by atoms with van der Waals surface area (Å²) in [5.74, 6) is 0. The van der Waals surface area contributed by atoms with E-state index in [4.69, 9.17) is 21.3 Å². The average molecular weight is 216 g/mol. The monoisotopic (exact) mass is 215 g/mol. The molecule has 0 amide bonds. The molecular formula is C10H14ClNO2. The molecule has 0 saturated carbocycles. The summed E-state index contributed by atoms with van der Waals surface area (Å²) in [6.07, 6.45) is 0. The first-order chi connectivity index (χ1) is 6.77. The molecule has 78 valence electrons. The Morgan fingerprint density at radius 3 is 2.00 bits per heavy atom. The van der Waals surface area contributed by atoms with Crippen molar-refractivity contribution in [2.45, 2.75) is 13.8 Å². The van der Waals surface area contributed by atoms with Crippen molar-refractivity contribution in [1.82, 2.24) is 0 Å². The van der Waals surface area contributed by atoms with Crippen LogP contribution < -0.4 is 5.23 Å². The Bertz CT molecular complexity index is 257. The first-order valence-corrected chi connectivity index (χ1v) is 4.97. The van der Waals surface area contributed by atoms with E-state index < -0.39 is 0 Å². The molecule has 0 aliphatic rings. The van der Waals surface area contributed by atoms with Crippen LogP contribution in [0, 0.1) is 0 Å². The van der Waals surface area contributed by atoms with Gasteiger partial charge in [-0.3, -0.25) is 0 Å². The van der Waals surface area contributed by atoms with Crippen molar-refractivity contribution in [1.29, 1.82) is 0 Å². The lowest BCUT2D eigenvalue weighted by Crippen LogP contribution is -2.23. The van der Waals surface area contributed by atoms with Crippen molar-refractivity contribution in [3.63, 3.8) is 0 Å². The molecule has 0 N–H and O–H groups in total. The molecule has 0 unspecified atom stereocenters. The van der Waals surface area contributed by atoms with Crippen LogP contribution in [0.2, 0.25) is 5.02 Å². The van der Waals surface area contributed by atoms with Crippen LogP contribution in [0.15, 0.2) is 24.3 Å². The number of benzene rings is 1. The van der Waals surface area contributed by atoms with Gasteiger partial charge in [0.05, 0.1) is 18.9 Å². The lowest BCUT2D eigenvalue weighted by atomic mass is 10.3. The maximum Gasteiger partial charge on any atom is 0.0948 e. The lowest BCUT2D eigenvalue weighted by Gasteiger charge is -2.20. The van der Waals surface area contributed by atoms with Crippen molar-refractivity contribution in [3.8, 4) is 0 Å². The fourth-order valence-electron chi connectivity index (χ4n) is 0.984. The van der Waals surface area contributed by atoms with E-state index in [2.05, 4.69) is 0 Å². The number of hydrogen-bond donors (Lipinski definition) is 0. The Morgan fingerprint density at radius 1 is 1.07 bits per heavy atom. The third-order valence-electron chi connectivity index (χ3n) is 1.53. The number of halogens is 1. The van der Waals surface area contributed by atoms with Gasteiger partial charge < -0.3 is 0 Å². The van der Waals surface area contributed by atoms with Gasteiger partial charge in [0.1, 0.15) is 0 Å². The summed E-state index contributed by atoms with van der Waals surface area (Å²) in [5, 5.41) is 2.10. The molecule has 3 nitrogen and oxygen atoms in total. The first kappa shape index (κ1) is 11.3. The fraction of sp³-hybridized carbons (Fsp3) is 0.400. The topological polar surface area (TPSA) is 21.7 Å². The van der Waals surface area contributed by atoms with E-state index in [-0.39, 0.29) is 0 Å². The Kier molecular flexibility index (Phi) is 4.73. The molecule has 0 bridgehead atoms. The highest BCUT2D eigenvalue weighted by atomic mass is 35.5. The molecule has 0 atom stereocenters. The normalized spacial score (nSPS) is 10.2. The van der Waals surface area contributed by atoms with Gasteiger partial charge in [0.25, 0.3) is 0 Å². The summed E-state index contributed by atoms with van der Waals surface area (Å²) in [7, 11) is 0. The third-order valence-corrected chi connectivity index (χ3v) is 1.78. The van der Waals surface area contributed by atoms with E-state index in [1.54, 1.807) is 12.1 Å². The Balaban J connectivity index is 2.71. The molecule has 1 aromatic rings. The molecule has 0 heterocycles. The van der Waals surface area contributed by atoms with Gasteiger partial charge in [-0.2, -0.15) is 0 Å². The van der Waals surface area contributed by atoms with Gasteiger partial charge in [0.15, 0.2) is 0 Å². The predicted molar refractivity (Wildman–Crippen MR) is 57.2 cm³/mol. The van der Waals surface area contributed by atoms with Crippen molar-refractivity contribution < 1.29 is 9.68 Å². The maximum atomic E-state index is 5.77. The smallest absolute Gasteiger partial charge is 0.0948 e. The average Bonchev–Trinajstić information content (AvgIpc) is 2.19. The summed E-state index contributed by atoms with van der Waals surface area (Å²) in [6, 6.07) is 7.27. The minimum absolute atomic E-state index is 0.558. The third kappa shape index (κ3) is 3.18. The second-order valence-corrected chi connectivity index (χ2v) is 3.01. The van der Waals surface area contributed by atoms with E-state index in [1.165, 1.54) is 5.23 Å². The number of hydrogen-bond acceptors (Lipinski definition) is 3. The summed E-state index contributed by atoms with van der Waals surface area (Å²) in [4.78, 5) is 10.6. The molecule has 0 fully saturated rings. The highest BCUT2D eigenvalue weighted by Crippen LogP contribution is 2.18. The van der Waals surface area contributed by atoms with Gasteiger partial charge in [-0.05, 0) is 38.1 Å². The molecule has 4 heteroatoms. The first-order valence-electron chi connectivity index (χ1n) is 4.59. The van der Waals surface area contributed by atoms with Crippen LogP contribution in [0.1, 0.15) is 13.8 Å². The molecule has 0 aliphatic heterocycles. The largest absolute Gasteiger partial charge is 0.249 e. The van der Waals surface area contributed by atoms with E-state index in [9.17, 15) is 0 Å². The van der Waals surface area contributed by atoms with Gasteiger partial charge >= 0.3 is 0 Å². The van der Waals surface area contributed by atoms with E-state index in [1.807, 2.05) is 26.0 Å². The quantitative estimate of drug-likeness (QED) is 0.705. The van der Waals surface area contributed by atoms with Crippen molar-refractivity contribution >= 4 is 17.3 Å². The van der Waals surface area contributed by atoms with E-state index in [0.29, 0.717) is 18.2 Å². The second-order valence-electron chi connectivity index (χ2n) is 2.57. The van der Waals surface area contributed by atoms with Crippen LogP contribution in [-0.4, -0.2) is 13.2 Å². The summed E-state index contributed by atoms with van der Waals surface area (Å²) in [5.41, 5.74) is 0.832.